The molecule has 2 aromatic heterocycles. The van der Waals surface area contributed by atoms with E-state index in [1.807, 2.05) is 25.1 Å². The Hall–Kier alpha value is -1.53. The van der Waals surface area contributed by atoms with E-state index in [9.17, 15) is 5.11 Å². The predicted octanol–water partition coefficient (Wildman–Crippen LogP) is 1.72. The molecule has 1 N–H and O–H groups in total. The number of hydrogen-bond donors (Lipinski definition) is 1. The van der Waals surface area contributed by atoms with Crippen molar-refractivity contribution in [2.75, 3.05) is 19.0 Å². The molecule has 0 spiro atoms. The van der Waals surface area contributed by atoms with Crippen LogP contribution >= 0.6 is 11.3 Å². The SMILES string of the molecule is CC(O)c1nnc(-c2cncc(N(C)C)c2)s1. The first-order valence-corrected chi connectivity index (χ1v) is 6.04. The number of anilines is 1. The van der Waals surface area contributed by atoms with Crippen molar-refractivity contribution in [1.29, 1.82) is 0 Å². The number of aliphatic hydroxyl groups excluding tert-OH is 1. The van der Waals surface area contributed by atoms with Crippen LogP contribution in [0.3, 0.4) is 0 Å². The summed E-state index contributed by atoms with van der Waals surface area (Å²) in [6, 6.07) is 2.00. The second-order valence-corrected chi connectivity index (χ2v) is 4.96. The van der Waals surface area contributed by atoms with Crippen molar-refractivity contribution in [1.82, 2.24) is 15.2 Å². The minimum atomic E-state index is -0.578. The van der Waals surface area contributed by atoms with E-state index < -0.39 is 6.10 Å². The minimum absolute atomic E-state index is 0.578. The zero-order chi connectivity index (χ0) is 12.4. The molecule has 0 saturated heterocycles. The molecule has 0 aliphatic rings. The summed E-state index contributed by atoms with van der Waals surface area (Å²) >= 11 is 1.38. The summed E-state index contributed by atoms with van der Waals surface area (Å²) in [5.41, 5.74) is 1.93. The van der Waals surface area contributed by atoms with Gasteiger partial charge in [0.1, 0.15) is 16.1 Å². The summed E-state index contributed by atoms with van der Waals surface area (Å²) in [4.78, 5) is 6.15. The van der Waals surface area contributed by atoms with Crippen LogP contribution < -0.4 is 4.90 Å². The third-order valence-electron chi connectivity index (χ3n) is 2.29. The lowest BCUT2D eigenvalue weighted by Gasteiger charge is -2.11. The Bertz CT molecular complexity index is 510. The first kappa shape index (κ1) is 11.9. The molecule has 0 aliphatic carbocycles. The molecular weight excluding hydrogens is 236 g/mol. The van der Waals surface area contributed by atoms with Gasteiger partial charge in [-0.3, -0.25) is 4.98 Å². The van der Waals surface area contributed by atoms with Crippen LogP contribution in [0.5, 0.6) is 0 Å². The molecule has 0 bridgehead atoms. The quantitative estimate of drug-likeness (QED) is 0.898. The monoisotopic (exact) mass is 250 g/mol. The molecule has 90 valence electrons. The van der Waals surface area contributed by atoms with Crippen LogP contribution in [0.4, 0.5) is 5.69 Å². The van der Waals surface area contributed by atoms with E-state index in [1.165, 1.54) is 11.3 Å². The summed E-state index contributed by atoms with van der Waals surface area (Å²) in [7, 11) is 3.92. The van der Waals surface area contributed by atoms with E-state index in [0.717, 1.165) is 16.3 Å². The summed E-state index contributed by atoms with van der Waals surface area (Å²) in [5, 5.41) is 18.8. The van der Waals surface area contributed by atoms with Crippen LogP contribution in [0.1, 0.15) is 18.0 Å². The van der Waals surface area contributed by atoms with Crippen LogP contribution in [-0.4, -0.2) is 34.4 Å². The molecule has 2 heterocycles. The second-order valence-electron chi connectivity index (χ2n) is 3.95. The molecule has 0 aliphatic heterocycles. The molecule has 5 nitrogen and oxygen atoms in total. The molecule has 2 aromatic rings. The van der Waals surface area contributed by atoms with Crippen LogP contribution in [-0.2, 0) is 0 Å². The van der Waals surface area contributed by atoms with E-state index in [4.69, 9.17) is 0 Å². The Kier molecular flexibility index (Phi) is 3.35. The van der Waals surface area contributed by atoms with Gasteiger partial charge in [-0.15, -0.1) is 10.2 Å². The van der Waals surface area contributed by atoms with Crippen molar-refractivity contribution >= 4 is 17.0 Å². The summed E-state index contributed by atoms with van der Waals surface area (Å²) in [6.07, 6.45) is 2.96. The maximum absolute atomic E-state index is 9.41. The van der Waals surface area contributed by atoms with Gasteiger partial charge in [0.15, 0.2) is 0 Å². The van der Waals surface area contributed by atoms with Crippen molar-refractivity contribution in [2.24, 2.45) is 0 Å². The van der Waals surface area contributed by atoms with Gasteiger partial charge in [0.05, 0.1) is 11.9 Å². The van der Waals surface area contributed by atoms with Crippen LogP contribution in [0, 0.1) is 0 Å². The maximum atomic E-state index is 9.41. The van der Waals surface area contributed by atoms with Gasteiger partial charge in [-0.05, 0) is 13.0 Å². The standard InChI is InChI=1S/C11H14N4OS/c1-7(16)10-13-14-11(17-10)8-4-9(15(2)3)6-12-5-8/h4-7,16H,1-3H3. The molecule has 0 fully saturated rings. The first-order chi connectivity index (χ1) is 8.08. The molecule has 0 radical (unpaired) electrons. The highest BCUT2D eigenvalue weighted by atomic mass is 32.1. The van der Waals surface area contributed by atoms with E-state index in [2.05, 4.69) is 15.2 Å². The molecule has 0 aromatic carbocycles. The van der Waals surface area contributed by atoms with E-state index in [-0.39, 0.29) is 0 Å². The lowest BCUT2D eigenvalue weighted by atomic mass is 10.2. The maximum Gasteiger partial charge on any atom is 0.149 e. The van der Waals surface area contributed by atoms with Gasteiger partial charge in [0.25, 0.3) is 0 Å². The molecule has 2 rings (SSSR count). The number of aliphatic hydroxyl groups is 1. The van der Waals surface area contributed by atoms with Crippen molar-refractivity contribution in [3.8, 4) is 10.6 Å². The summed E-state index contributed by atoms with van der Waals surface area (Å²) < 4.78 is 0. The predicted molar refractivity (Wildman–Crippen MR) is 68.1 cm³/mol. The second kappa shape index (κ2) is 4.77. The van der Waals surface area contributed by atoms with Crippen molar-refractivity contribution < 1.29 is 5.11 Å². The number of aromatic nitrogens is 3. The highest BCUT2D eigenvalue weighted by Gasteiger charge is 2.11. The summed E-state index contributed by atoms with van der Waals surface area (Å²) in [5.74, 6) is 0. The molecular formula is C11H14N4OS. The lowest BCUT2D eigenvalue weighted by molar-refractivity contribution is 0.198. The Morgan fingerprint density at radius 1 is 1.29 bits per heavy atom. The summed E-state index contributed by atoms with van der Waals surface area (Å²) in [6.45, 7) is 1.68. The van der Waals surface area contributed by atoms with Crippen molar-refractivity contribution in [2.45, 2.75) is 13.0 Å². The van der Waals surface area contributed by atoms with Gasteiger partial charge in [-0.25, -0.2) is 0 Å². The van der Waals surface area contributed by atoms with Gasteiger partial charge >= 0.3 is 0 Å². The van der Waals surface area contributed by atoms with Gasteiger partial charge in [-0.2, -0.15) is 0 Å². The Morgan fingerprint density at radius 3 is 2.65 bits per heavy atom. The van der Waals surface area contributed by atoms with Gasteiger partial charge in [0.2, 0.25) is 0 Å². The number of nitrogens with zero attached hydrogens (tertiary/aromatic N) is 4. The molecule has 1 atom stereocenters. The third kappa shape index (κ3) is 2.59. The fourth-order valence-corrected chi connectivity index (χ4v) is 2.07. The lowest BCUT2D eigenvalue weighted by Crippen LogP contribution is -2.08. The van der Waals surface area contributed by atoms with Gasteiger partial charge in [-0.1, -0.05) is 11.3 Å². The van der Waals surface area contributed by atoms with Crippen LogP contribution in [0.25, 0.3) is 10.6 Å². The highest BCUT2D eigenvalue weighted by Crippen LogP contribution is 2.27. The molecule has 1 unspecified atom stereocenters. The minimum Gasteiger partial charge on any atom is -0.386 e. The van der Waals surface area contributed by atoms with Crippen molar-refractivity contribution in [3.63, 3.8) is 0 Å². The zero-order valence-electron chi connectivity index (χ0n) is 9.95. The van der Waals surface area contributed by atoms with Gasteiger partial charge in [0, 0.05) is 25.9 Å². The normalized spacial score (nSPS) is 12.5. The smallest absolute Gasteiger partial charge is 0.149 e. The highest BCUT2D eigenvalue weighted by molar-refractivity contribution is 7.14. The molecule has 6 heteroatoms. The average Bonchev–Trinajstić information content (AvgIpc) is 2.78. The molecule has 0 saturated carbocycles. The number of pyridine rings is 1. The van der Waals surface area contributed by atoms with E-state index in [1.54, 1.807) is 19.3 Å². The van der Waals surface area contributed by atoms with Crippen LogP contribution in [0.15, 0.2) is 18.5 Å². The fourth-order valence-electron chi connectivity index (χ4n) is 1.31. The third-order valence-corrected chi connectivity index (χ3v) is 3.43. The molecule has 0 amide bonds. The Labute approximate surface area is 104 Å². The van der Waals surface area contributed by atoms with Crippen LogP contribution in [0.2, 0.25) is 0 Å². The fraction of sp³-hybridized carbons (Fsp3) is 0.364. The zero-order valence-corrected chi connectivity index (χ0v) is 10.8. The Balaban J connectivity index is 2.35. The molecule has 17 heavy (non-hydrogen) atoms. The largest absolute Gasteiger partial charge is 0.386 e. The number of rotatable bonds is 3. The van der Waals surface area contributed by atoms with Gasteiger partial charge < -0.3 is 10.0 Å². The Morgan fingerprint density at radius 2 is 2.06 bits per heavy atom. The topological polar surface area (TPSA) is 62.1 Å². The number of hydrogen-bond acceptors (Lipinski definition) is 6. The van der Waals surface area contributed by atoms with E-state index in [0.29, 0.717) is 5.01 Å². The van der Waals surface area contributed by atoms with Crippen molar-refractivity contribution in [3.05, 3.63) is 23.5 Å². The average molecular weight is 250 g/mol. The van der Waals surface area contributed by atoms with E-state index >= 15 is 0 Å². The first-order valence-electron chi connectivity index (χ1n) is 5.22.